The van der Waals surface area contributed by atoms with Crippen LogP contribution in [0.5, 0.6) is 0 Å². The van der Waals surface area contributed by atoms with E-state index in [9.17, 15) is 5.11 Å². The van der Waals surface area contributed by atoms with Gasteiger partial charge in [-0.05, 0) is 12.5 Å². The molecular formula is C8H13N3O. The van der Waals surface area contributed by atoms with Crippen molar-refractivity contribution in [1.82, 2.24) is 9.97 Å². The molecule has 0 fully saturated rings. The average molecular weight is 167 g/mol. The minimum absolute atomic E-state index is 0.195. The molecule has 1 heterocycles. The lowest BCUT2D eigenvalue weighted by Crippen LogP contribution is -2.13. The minimum atomic E-state index is -0.668. The fraction of sp³-hybridized carbons (Fsp3) is 0.500. The van der Waals surface area contributed by atoms with Crippen LogP contribution in [0.2, 0.25) is 0 Å². The summed E-state index contributed by atoms with van der Waals surface area (Å²) in [7, 11) is 0. The van der Waals surface area contributed by atoms with Gasteiger partial charge in [0.05, 0.1) is 5.69 Å². The fourth-order valence-electron chi connectivity index (χ4n) is 0.911. The van der Waals surface area contributed by atoms with E-state index in [1.54, 1.807) is 6.07 Å². The molecule has 0 radical (unpaired) electrons. The summed E-state index contributed by atoms with van der Waals surface area (Å²) in [4.78, 5) is 7.93. The van der Waals surface area contributed by atoms with Crippen LogP contribution in [0, 0.1) is 0 Å². The second-order valence-corrected chi connectivity index (χ2v) is 2.54. The van der Waals surface area contributed by atoms with Gasteiger partial charge in [0.25, 0.3) is 0 Å². The van der Waals surface area contributed by atoms with Crippen LogP contribution in [-0.4, -0.2) is 21.6 Å². The first-order valence-corrected chi connectivity index (χ1v) is 3.96. The molecule has 12 heavy (non-hydrogen) atoms. The summed E-state index contributed by atoms with van der Waals surface area (Å²) in [5.41, 5.74) is 6.81. The predicted octanol–water partition coefficient (Wildman–Crippen LogP) is 0.0311. The molecule has 1 rings (SSSR count). The second kappa shape index (κ2) is 4.13. The quantitative estimate of drug-likeness (QED) is 0.666. The molecular weight excluding hydrogens is 154 g/mol. The van der Waals surface area contributed by atoms with Crippen LogP contribution in [0.3, 0.4) is 0 Å². The molecule has 0 aliphatic rings. The van der Waals surface area contributed by atoms with Gasteiger partial charge >= 0.3 is 0 Å². The number of hydrogen-bond acceptors (Lipinski definition) is 4. The van der Waals surface area contributed by atoms with Gasteiger partial charge in [0, 0.05) is 12.2 Å². The van der Waals surface area contributed by atoms with E-state index >= 15 is 0 Å². The highest BCUT2D eigenvalue weighted by atomic mass is 16.3. The summed E-state index contributed by atoms with van der Waals surface area (Å²) in [5.74, 6) is 0. The molecule has 1 aromatic rings. The van der Waals surface area contributed by atoms with E-state index < -0.39 is 6.10 Å². The van der Waals surface area contributed by atoms with Crippen LogP contribution >= 0.6 is 0 Å². The molecule has 0 saturated heterocycles. The molecule has 0 aromatic carbocycles. The van der Waals surface area contributed by atoms with Gasteiger partial charge in [0.15, 0.2) is 0 Å². The van der Waals surface area contributed by atoms with E-state index in [1.165, 1.54) is 6.33 Å². The van der Waals surface area contributed by atoms with Gasteiger partial charge in [-0.15, -0.1) is 0 Å². The summed E-state index contributed by atoms with van der Waals surface area (Å²) < 4.78 is 0. The minimum Gasteiger partial charge on any atom is -0.385 e. The van der Waals surface area contributed by atoms with Crippen molar-refractivity contribution in [2.24, 2.45) is 5.73 Å². The van der Waals surface area contributed by atoms with Crippen molar-refractivity contribution in [2.75, 3.05) is 6.54 Å². The van der Waals surface area contributed by atoms with E-state index in [0.717, 1.165) is 12.1 Å². The molecule has 0 spiro atoms. The lowest BCUT2D eigenvalue weighted by Gasteiger charge is -2.06. The molecule has 0 bridgehead atoms. The number of nitrogens with two attached hydrogens (primary N) is 1. The van der Waals surface area contributed by atoms with Crippen molar-refractivity contribution in [3.8, 4) is 0 Å². The second-order valence-electron chi connectivity index (χ2n) is 2.54. The first-order chi connectivity index (χ1) is 5.77. The number of aliphatic hydroxyl groups is 1. The molecule has 1 aromatic heterocycles. The van der Waals surface area contributed by atoms with Crippen LogP contribution in [0.4, 0.5) is 0 Å². The Kier molecular flexibility index (Phi) is 3.13. The number of rotatable bonds is 3. The monoisotopic (exact) mass is 167 g/mol. The van der Waals surface area contributed by atoms with E-state index in [2.05, 4.69) is 9.97 Å². The molecule has 66 valence electrons. The highest BCUT2D eigenvalue weighted by molar-refractivity contribution is 5.10. The highest BCUT2D eigenvalue weighted by Crippen LogP contribution is 2.08. The smallest absolute Gasteiger partial charge is 0.116 e. The summed E-state index contributed by atoms with van der Waals surface area (Å²) >= 11 is 0. The van der Waals surface area contributed by atoms with Crippen molar-refractivity contribution in [3.05, 3.63) is 23.8 Å². The summed E-state index contributed by atoms with van der Waals surface area (Å²) in [6, 6.07) is 1.78. The molecule has 0 aliphatic carbocycles. The third-order valence-corrected chi connectivity index (χ3v) is 1.67. The van der Waals surface area contributed by atoms with Gasteiger partial charge in [0.2, 0.25) is 0 Å². The van der Waals surface area contributed by atoms with Gasteiger partial charge < -0.3 is 10.8 Å². The number of aryl methyl sites for hydroxylation is 1. The number of nitrogens with zero attached hydrogens (tertiary/aromatic N) is 2. The zero-order valence-corrected chi connectivity index (χ0v) is 7.07. The lowest BCUT2D eigenvalue weighted by atomic mass is 10.2. The predicted molar refractivity (Wildman–Crippen MR) is 45.4 cm³/mol. The Labute approximate surface area is 71.5 Å². The first-order valence-electron chi connectivity index (χ1n) is 3.96. The van der Waals surface area contributed by atoms with Crippen LogP contribution in [0.1, 0.15) is 24.4 Å². The van der Waals surface area contributed by atoms with Crippen LogP contribution in [0.25, 0.3) is 0 Å². The normalized spacial score (nSPS) is 12.9. The highest BCUT2D eigenvalue weighted by Gasteiger charge is 2.06. The van der Waals surface area contributed by atoms with E-state index in [4.69, 9.17) is 5.73 Å². The maximum atomic E-state index is 9.33. The molecule has 1 unspecified atom stereocenters. The Bertz CT molecular complexity index is 252. The molecule has 0 saturated carbocycles. The molecule has 4 heteroatoms. The molecule has 1 atom stereocenters. The van der Waals surface area contributed by atoms with Crippen molar-refractivity contribution in [3.63, 3.8) is 0 Å². The zero-order valence-electron chi connectivity index (χ0n) is 7.07. The van der Waals surface area contributed by atoms with Gasteiger partial charge in [0.1, 0.15) is 12.4 Å². The average Bonchev–Trinajstić information content (AvgIpc) is 2.17. The largest absolute Gasteiger partial charge is 0.385 e. The van der Waals surface area contributed by atoms with Gasteiger partial charge in [-0.25, -0.2) is 9.97 Å². The van der Waals surface area contributed by atoms with Gasteiger partial charge in [-0.1, -0.05) is 6.92 Å². The zero-order chi connectivity index (χ0) is 8.97. The van der Waals surface area contributed by atoms with Crippen LogP contribution < -0.4 is 5.73 Å². The maximum absolute atomic E-state index is 9.33. The molecule has 0 aliphatic heterocycles. The maximum Gasteiger partial charge on any atom is 0.116 e. The third-order valence-electron chi connectivity index (χ3n) is 1.67. The Hall–Kier alpha value is -1.00. The van der Waals surface area contributed by atoms with Crippen LogP contribution in [0.15, 0.2) is 12.4 Å². The van der Waals surface area contributed by atoms with Crippen molar-refractivity contribution >= 4 is 0 Å². The summed E-state index contributed by atoms with van der Waals surface area (Å²) in [6.45, 7) is 2.20. The molecule has 4 nitrogen and oxygen atoms in total. The first kappa shape index (κ1) is 9.09. The topological polar surface area (TPSA) is 72.0 Å². The van der Waals surface area contributed by atoms with E-state index in [-0.39, 0.29) is 6.54 Å². The number of hydrogen-bond donors (Lipinski definition) is 2. The molecule has 3 N–H and O–H groups in total. The lowest BCUT2D eigenvalue weighted by molar-refractivity contribution is 0.181. The van der Waals surface area contributed by atoms with Crippen molar-refractivity contribution in [1.29, 1.82) is 0 Å². The Morgan fingerprint density at radius 3 is 2.92 bits per heavy atom. The van der Waals surface area contributed by atoms with Gasteiger partial charge in [-0.2, -0.15) is 0 Å². The summed E-state index contributed by atoms with van der Waals surface area (Å²) in [5, 5.41) is 9.33. The van der Waals surface area contributed by atoms with E-state index in [1.807, 2.05) is 6.92 Å². The Morgan fingerprint density at radius 1 is 1.58 bits per heavy atom. The molecule has 0 amide bonds. The van der Waals surface area contributed by atoms with E-state index in [0.29, 0.717) is 5.69 Å². The van der Waals surface area contributed by atoms with Crippen molar-refractivity contribution < 1.29 is 5.11 Å². The Balaban J connectivity index is 2.86. The number of aromatic nitrogens is 2. The van der Waals surface area contributed by atoms with Crippen LogP contribution in [-0.2, 0) is 6.42 Å². The SMILES string of the molecule is CCc1cc(C(O)CN)ncn1. The third kappa shape index (κ3) is 1.99. The van der Waals surface area contributed by atoms with Crippen molar-refractivity contribution in [2.45, 2.75) is 19.4 Å². The van der Waals surface area contributed by atoms with Gasteiger partial charge in [-0.3, -0.25) is 0 Å². The standard InChI is InChI=1S/C8H13N3O/c1-2-6-3-7(8(12)4-9)11-5-10-6/h3,5,8,12H,2,4,9H2,1H3. The number of aliphatic hydroxyl groups excluding tert-OH is 1. The Morgan fingerprint density at radius 2 is 2.33 bits per heavy atom. The summed E-state index contributed by atoms with van der Waals surface area (Å²) in [6.07, 6.45) is 1.62. The fourth-order valence-corrected chi connectivity index (χ4v) is 0.911.